The minimum absolute atomic E-state index is 0.00424. The fraction of sp³-hybridized carbons (Fsp3) is 0.158. The highest BCUT2D eigenvalue weighted by Crippen LogP contribution is 2.41. The van der Waals surface area contributed by atoms with E-state index in [2.05, 4.69) is 20.2 Å². The Hall–Kier alpha value is -4.08. The molecule has 0 aliphatic heterocycles. The van der Waals surface area contributed by atoms with Crippen LogP contribution in [0.3, 0.4) is 0 Å². The molecule has 0 saturated heterocycles. The predicted octanol–water partition coefficient (Wildman–Crippen LogP) is 3.55. The Labute approximate surface area is 164 Å². The van der Waals surface area contributed by atoms with Crippen molar-refractivity contribution in [3.63, 3.8) is 0 Å². The Morgan fingerprint density at radius 3 is 2.34 bits per heavy atom. The molecule has 0 radical (unpaired) electrons. The molecule has 0 unspecified atom stereocenters. The van der Waals surface area contributed by atoms with E-state index in [4.69, 9.17) is 14.2 Å². The maximum absolute atomic E-state index is 11.0. The Balaban J connectivity index is 1.73. The second kappa shape index (κ2) is 7.15. The fourth-order valence-corrected chi connectivity index (χ4v) is 3.06. The maximum atomic E-state index is 11.0. The van der Waals surface area contributed by atoms with Gasteiger partial charge in [0.25, 0.3) is 5.69 Å². The van der Waals surface area contributed by atoms with Gasteiger partial charge >= 0.3 is 0 Å². The predicted molar refractivity (Wildman–Crippen MR) is 105 cm³/mol. The van der Waals surface area contributed by atoms with Crippen LogP contribution in [0, 0.1) is 10.1 Å². The van der Waals surface area contributed by atoms with Crippen LogP contribution in [-0.2, 0) is 0 Å². The van der Waals surface area contributed by atoms with Gasteiger partial charge < -0.3 is 19.2 Å². The van der Waals surface area contributed by atoms with E-state index in [0.29, 0.717) is 45.5 Å². The molecule has 0 aliphatic carbocycles. The molecular formula is C19H17N5O5. The molecule has 148 valence electrons. The number of nitrogens with zero attached hydrogens (tertiary/aromatic N) is 3. The zero-order valence-corrected chi connectivity index (χ0v) is 15.8. The van der Waals surface area contributed by atoms with E-state index in [0.717, 1.165) is 5.56 Å². The lowest BCUT2D eigenvalue weighted by molar-refractivity contribution is -0.384. The minimum Gasteiger partial charge on any atom is -0.493 e. The van der Waals surface area contributed by atoms with Crippen LogP contribution >= 0.6 is 0 Å². The molecule has 2 aromatic carbocycles. The van der Waals surface area contributed by atoms with Crippen molar-refractivity contribution in [2.45, 2.75) is 0 Å². The summed E-state index contributed by atoms with van der Waals surface area (Å²) in [6.45, 7) is 0. The third kappa shape index (κ3) is 3.20. The monoisotopic (exact) mass is 395 g/mol. The number of nitro groups is 1. The van der Waals surface area contributed by atoms with Crippen molar-refractivity contribution in [1.82, 2.24) is 20.2 Å². The molecule has 10 nitrogen and oxygen atoms in total. The van der Waals surface area contributed by atoms with Gasteiger partial charge in [-0.1, -0.05) is 0 Å². The van der Waals surface area contributed by atoms with Crippen LogP contribution in [0.4, 0.5) is 5.69 Å². The largest absolute Gasteiger partial charge is 0.493 e. The molecule has 29 heavy (non-hydrogen) atoms. The van der Waals surface area contributed by atoms with Gasteiger partial charge in [0.05, 0.1) is 43.0 Å². The van der Waals surface area contributed by atoms with Crippen molar-refractivity contribution in [2.75, 3.05) is 21.3 Å². The Bertz CT molecular complexity index is 1190. The molecule has 0 atom stereocenters. The van der Waals surface area contributed by atoms with Crippen molar-refractivity contribution >= 4 is 16.7 Å². The Morgan fingerprint density at radius 2 is 1.72 bits per heavy atom. The smallest absolute Gasteiger partial charge is 0.271 e. The normalized spacial score (nSPS) is 10.9. The van der Waals surface area contributed by atoms with Gasteiger partial charge in [0.2, 0.25) is 5.75 Å². The standard InChI is InChI=1S/C19H17N5O5/c1-27-16-6-10(7-17(28-2)18(16)29-3)13-9-15(23-22-13)19-20-12-5-4-11(24(25)26)8-14(12)21-19/h4-9H,1-3H3,(H,20,21)(H,22,23). The zero-order valence-electron chi connectivity index (χ0n) is 15.8. The number of benzene rings is 2. The highest BCUT2D eigenvalue weighted by molar-refractivity contribution is 5.81. The molecule has 0 bridgehead atoms. The quantitative estimate of drug-likeness (QED) is 0.377. The van der Waals surface area contributed by atoms with Crippen LogP contribution in [0.25, 0.3) is 33.8 Å². The van der Waals surface area contributed by atoms with Crippen LogP contribution in [-0.4, -0.2) is 46.4 Å². The van der Waals surface area contributed by atoms with Gasteiger partial charge in [0, 0.05) is 17.7 Å². The number of hydrogen-bond acceptors (Lipinski definition) is 7. The number of H-pyrrole nitrogens is 2. The first-order chi connectivity index (χ1) is 14.0. The molecule has 4 aromatic rings. The molecule has 0 saturated carbocycles. The van der Waals surface area contributed by atoms with E-state index in [-0.39, 0.29) is 5.69 Å². The van der Waals surface area contributed by atoms with Gasteiger partial charge in [-0.15, -0.1) is 0 Å². The number of fused-ring (bicyclic) bond motifs is 1. The van der Waals surface area contributed by atoms with Crippen molar-refractivity contribution in [2.24, 2.45) is 0 Å². The second-order valence-electron chi connectivity index (χ2n) is 6.12. The second-order valence-corrected chi connectivity index (χ2v) is 6.12. The number of ether oxygens (including phenoxy) is 3. The maximum Gasteiger partial charge on any atom is 0.271 e. The molecule has 10 heteroatoms. The first-order valence-corrected chi connectivity index (χ1v) is 8.54. The van der Waals surface area contributed by atoms with Crippen molar-refractivity contribution in [3.05, 3.63) is 46.5 Å². The third-order valence-electron chi connectivity index (χ3n) is 4.47. The van der Waals surface area contributed by atoms with Gasteiger partial charge in [0.1, 0.15) is 5.69 Å². The summed E-state index contributed by atoms with van der Waals surface area (Å²) in [5.41, 5.74) is 3.22. The minimum atomic E-state index is -0.446. The van der Waals surface area contributed by atoms with E-state index in [1.807, 2.05) is 6.07 Å². The van der Waals surface area contributed by atoms with Crippen molar-refractivity contribution in [3.8, 4) is 40.0 Å². The third-order valence-corrected chi connectivity index (χ3v) is 4.47. The Kier molecular flexibility index (Phi) is 4.51. The van der Waals surface area contributed by atoms with E-state index < -0.39 is 4.92 Å². The number of imidazole rings is 1. The SMILES string of the molecule is COc1cc(-c2cc(-c3nc4ccc([N+](=O)[O-])cc4[nH]3)[nH]n2)cc(OC)c1OC. The van der Waals surface area contributed by atoms with Crippen molar-refractivity contribution < 1.29 is 19.1 Å². The summed E-state index contributed by atoms with van der Waals surface area (Å²) in [7, 11) is 4.63. The summed E-state index contributed by atoms with van der Waals surface area (Å²) in [6, 6.07) is 9.87. The zero-order chi connectivity index (χ0) is 20.5. The first-order valence-electron chi connectivity index (χ1n) is 8.54. The average Bonchev–Trinajstić information content (AvgIpc) is 3.38. The molecule has 2 N–H and O–H groups in total. The van der Waals surface area contributed by atoms with Crippen LogP contribution in [0.5, 0.6) is 17.2 Å². The van der Waals surface area contributed by atoms with Crippen LogP contribution in [0.1, 0.15) is 0 Å². The van der Waals surface area contributed by atoms with Gasteiger partial charge in [-0.05, 0) is 24.3 Å². The molecule has 0 aliphatic rings. The summed E-state index contributed by atoms with van der Waals surface area (Å²) in [4.78, 5) is 18.1. The Morgan fingerprint density at radius 1 is 1.00 bits per heavy atom. The molecule has 2 aromatic heterocycles. The number of nitrogens with one attached hydrogen (secondary N) is 2. The highest BCUT2D eigenvalue weighted by atomic mass is 16.6. The van der Waals surface area contributed by atoms with Gasteiger partial charge in [0.15, 0.2) is 17.3 Å². The molecule has 0 amide bonds. The van der Waals surface area contributed by atoms with E-state index in [1.54, 1.807) is 39.5 Å². The highest BCUT2D eigenvalue weighted by Gasteiger charge is 2.17. The number of methoxy groups -OCH3 is 3. The van der Waals surface area contributed by atoms with E-state index in [1.165, 1.54) is 12.1 Å². The number of aromatic amines is 2. The topological polar surface area (TPSA) is 128 Å². The lowest BCUT2D eigenvalue weighted by Crippen LogP contribution is -1.95. The summed E-state index contributed by atoms with van der Waals surface area (Å²) >= 11 is 0. The molecule has 2 heterocycles. The van der Waals surface area contributed by atoms with Crippen LogP contribution in [0.2, 0.25) is 0 Å². The summed E-state index contributed by atoms with van der Waals surface area (Å²) < 4.78 is 16.1. The van der Waals surface area contributed by atoms with Crippen LogP contribution in [0.15, 0.2) is 36.4 Å². The lowest BCUT2D eigenvalue weighted by atomic mass is 10.1. The van der Waals surface area contributed by atoms with Gasteiger partial charge in [-0.3, -0.25) is 15.2 Å². The number of non-ortho nitro benzene ring substituents is 1. The van der Waals surface area contributed by atoms with Crippen molar-refractivity contribution in [1.29, 1.82) is 0 Å². The molecule has 0 fully saturated rings. The molecule has 4 rings (SSSR count). The van der Waals surface area contributed by atoms with Gasteiger partial charge in [-0.25, -0.2) is 4.98 Å². The number of hydrogen-bond donors (Lipinski definition) is 2. The summed E-state index contributed by atoms with van der Waals surface area (Å²) in [6.07, 6.45) is 0. The lowest BCUT2D eigenvalue weighted by Gasteiger charge is -2.13. The van der Waals surface area contributed by atoms with Gasteiger partial charge in [-0.2, -0.15) is 5.10 Å². The first kappa shape index (κ1) is 18.3. The van der Waals surface area contributed by atoms with E-state index >= 15 is 0 Å². The number of rotatable bonds is 6. The average molecular weight is 395 g/mol. The van der Waals surface area contributed by atoms with Crippen LogP contribution < -0.4 is 14.2 Å². The fourth-order valence-electron chi connectivity index (χ4n) is 3.06. The van der Waals surface area contributed by atoms with E-state index in [9.17, 15) is 10.1 Å². The number of aromatic nitrogens is 4. The summed E-state index contributed by atoms with van der Waals surface area (Å²) in [5.74, 6) is 2.05. The molecule has 0 spiro atoms. The molecular weight excluding hydrogens is 378 g/mol. The summed E-state index contributed by atoms with van der Waals surface area (Å²) in [5, 5.41) is 18.2. The number of nitro benzene ring substituents is 1.